The van der Waals surface area contributed by atoms with Crippen molar-refractivity contribution in [2.24, 2.45) is 0 Å². The third-order valence-electron chi connectivity index (χ3n) is 3.41. The summed E-state index contributed by atoms with van der Waals surface area (Å²) in [6, 6.07) is 8.45. The maximum absolute atomic E-state index is 6.07. The topological polar surface area (TPSA) is 37.0 Å². The molecule has 94 valence electrons. The van der Waals surface area contributed by atoms with E-state index in [2.05, 4.69) is 15.6 Å². The lowest BCUT2D eigenvalue weighted by Gasteiger charge is -2.24. The molecule has 1 aromatic heterocycles. The molecule has 1 aliphatic rings. The van der Waals surface area contributed by atoms with Gasteiger partial charge in [-0.25, -0.2) is 4.98 Å². The predicted octanol–water partition coefficient (Wildman–Crippen LogP) is 3.05. The van der Waals surface area contributed by atoms with E-state index in [-0.39, 0.29) is 0 Å². The van der Waals surface area contributed by atoms with E-state index < -0.39 is 0 Å². The van der Waals surface area contributed by atoms with Gasteiger partial charge >= 0.3 is 0 Å². The molecule has 18 heavy (non-hydrogen) atoms. The highest BCUT2D eigenvalue weighted by Gasteiger charge is 2.14. The first-order valence-corrected chi connectivity index (χ1v) is 6.72. The van der Waals surface area contributed by atoms with Gasteiger partial charge in [0.25, 0.3) is 0 Å². The summed E-state index contributed by atoms with van der Waals surface area (Å²) < 4.78 is 0. The number of aromatic nitrogens is 1. The average Bonchev–Trinajstić information content (AvgIpc) is 2.41. The van der Waals surface area contributed by atoms with Gasteiger partial charge in [0.1, 0.15) is 5.82 Å². The highest BCUT2D eigenvalue weighted by Crippen LogP contribution is 2.25. The maximum atomic E-state index is 6.07. The zero-order valence-electron chi connectivity index (χ0n) is 10.1. The second-order valence-electron chi connectivity index (χ2n) is 4.69. The molecule has 0 radical (unpaired) electrons. The average molecular weight is 262 g/mol. The van der Waals surface area contributed by atoms with Crippen molar-refractivity contribution in [1.29, 1.82) is 0 Å². The van der Waals surface area contributed by atoms with Crippen molar-refractivity contribution in [3.63, 3.8) is 0 Å². The van der Waals surface area contributed by atoms with Crippen LogP contribution in [0.2, 0.25) is 5.02 Å². The predicted molar refractivity (Wildman–Crippen MR) is 76.3 cm³/mol. The molecule has 1 aliphatic heterocycles. The summed E-state index contributed by atoms with van der Waals surface area (Å²) in [7, 11) is 0. The molecule has 0 aliphatic carbocycles. The molecule has 2 heterocycles. The van der Waals surface area contributed by atoms with Crippen molar-refractivity contribution < 1.29 is 0 Å². The van der Waals surface area contributed by atoms with Crippen molar-refractivity contribution in [2.45, 2.75) is 18.9 Å². The number of rotatable bonds is 2. The molecule has 0 unspecified atom stereocenters. The Morgan fingerprint density at radius 2 is 2.06 bits per heavy atom. The molecule has 3 rings (SSSR count). The van der Waals surface area contributed by atoms with Gasteiger partial charge in [-0.2, -0.15) is 0 Å². The van der Waals surface area contributed by atoms with Gasteiger partial charge in [0.2, 0.25) is 0 Å². The quantitative estimate of drug-likeness (QED) is 0.873. The number of anilines is 1. The first kappa shape index (κ1) is 11.8. The van der Waals surface area contributed by atoms with E-state index in [1.807, 2.05) is 30.5 Å². The van der Waals surface area contributed by atoms with Gasteiger partial charge < -0.3 is 10.6 Å². The third kappa shape index (κ3) is 2.42. The van der Waals surface area contributed by atoms with Crippen molar-refractivity contribution in [3.8, 4) is 0 Å². The van der Waals surface area contributed by atoms with Crippen LogP contribution in [-0.2, 0) is 0 Å². The Balaban J connectivity index is 1.92. The van der Waals surface area contributed by atoms with Crippen molar-refractivity contribution >= 4 is 28.2 Å². The van der Waals surface area contributed by atoms with Crippen LogP contribution in [0.15, 0.2) is 30.5 Å². The highest BCUT2D eigenvalue weighted by molar-refractivity contribution is 6.31. The Kier molecular flexibility index (Phi) is 3.35. The standard InChI is InChI=1S/C14H16ClN3/c15-11-2-1-10-3-8-17-14(13(10)9-11)18-12-4-6-16-7-5-12/h1-3,8-9,12,16H,4-7H2,(H,17,18). The maximum Gasteiger partial charge on any atom is 0.134 e. The SMILES string of the molecule is Clc1ccc2ccnc(NC3CCNCC3)c2c1. The number of piperidine rings is 1. The van der Waals surface area contributed by atoms with Crippen molar-refractivity contribution in [2.75, 3.05) is 18.4 Å². The largest absolute Gasteiger partial charge is 0.367 e. The van der Waals surface area contributed by atoms with Crippen LogP contribution >= 0.6 is 11.6 Å². The van der Waals surface area contributed by atoms with Crippen LogP contribution in [0, 0.1) is 0 Å². The van der Waals surface area contributed by atoms with Gasteiger partial charge in [-0.3, -0.25) is 0 Å². The van der Waals surface area contributed by atoms with Gasteiger partial charge in [0.15, 0.2) is 0 Å². The normalized spacial score (nSPS) is 16.9. The Hall–Kier alpha value is -1.32. The fourth-order valence-corrected chi connectivity index (χ4v) is 2.59. The number of nitrogens with zero attached hydrogens (tertiary/aromatic N) is 1. The van der Waals surface area contributed by atoms with Crippen LogP contribution in [0.5, 0.6) is 0 Å². The van der Waals surface area contributed by atoms with E-state index in [1.165, 1.54) is 5.39 Å². The number of hydrogen-bond donors (Lipinski definition) is 2. The lowest BCUT2D eigenvalue weighted by atomic mass is 10.1. The van der Waals surface area contributed by atoms with Crippen LogP contribution in [0.25, 0.3) is 10.8 Å². The molecule has 0 amide bonds. The minimum Gasteiger partial charge on any atom is -0.367 e. The molecular weight excluding hydrogens is 246 g/mol. The Morgan fingerprint density at radius 3 is 2.89 bits per heavy atom. The molecule has 0 atom stereocenters. The minimum atomic E-state index is 0.503. The summed E-state index contributed by atoms with van der Waals surface area (Å²) in [5, 5.41) is 9.93. The van der Waals surface area contributed by atoms with Crippen LogP contribution < -0.4 is 10.6 Å². The lowest BCUT2D eigenvalue weighted by Crippen LogP contribution is -2.35. The molecule has 0 bridgehead atoms. The summed E-state index contributed by atoms with van der Waals surface area (Å²) in [4.78, 5) is 4.45. The van der Waals surface area contributed by atoms with Crippen molar-refractivity contribution in [1.82, 2.24) is 10.3 Å². The third-order valence-corrected chi connectivity index (χ3v) is 3.64. The second-order valence-corrected chi connectivity index (χ2v) is 5.13. The van der Waals surface area contributed by atoms with E-state index in [0.29, 0.717) is 6.04 Å². The number of fused-ring (bicyclic) bond motifs is 1. The number of hydrogen-bond acceptors (Lipinski definition) is 3. The molecule has 1 fully saturated rings. The number of halogens is 1. The summed E-state index contributed by atoms with van der Waals surface area (Å²) in [5.74, 6) is 0.946. The molecule has 0 saturated carbocycles. The van der Waals surface area contributed by atoms with Gasteiger partial charge in [-0.1, -0.05) is 17.7 Å². The van der Waals surface area contributed by atoms with Gasteiger partial charge in [0.05, 0.1) is 0 Å². The van der Waals surface area contributed by atoms with Crippen LogP contribution in [0.1, 0.15) is 12.8 Å². The van der Waals surface area contributed by atoms with E-state index in [9.17, 15) is 0 Å². The summed E-state index contributed by atoms with van der Waals surface area (Å²) in [5.41, 5.74) is 0. The van der Waals surface area contributed by atoms with Crippen LogP contribution in [0.4, 0.5) is 5.82 Å². The smallest absolute Gasteiger partial charge is 0.134 e. The number of nitrogens with one attached hydrogen (secondary N) is 2. The molecule has 2 aromatic rings. The molecule has 3 nitrogen and oxygen atoms in total. The summed E-state index contributed by atoms with van der Waals surface area (Å²) in [6.07, 6.45) is 4.12. The minimum absolute atomic E-state index is 0.503. The van der Waals surface area contributed by atoms with E-state index in [1.54, 1.807) is 0 Å². The number of pyridine rings is 1. The zero-order chi connectivity index (χ0) is 12.4. The van der Waals surface area contributed by atoms with Crippen LogP contribution in [0.3, 0.4) is 0 Å². The Morgan fingerprint density at radius 1 is 1.22 bits per heavy atom. The Labute approximate surface area is 112 Å². The molecule has 1 aromatic carbocycles. The first-order chi connectivity index (χ1) is 8.83. The fourth-order valence-electron chi connectivity index (χ4n) is 2.42. The summed E-state index contributed by atoms with van der Waals surface area (Å²) >= 11 is 6.07. The van der Waals surface area contributed by atoms with E-state index in [0.717, 1.165) is 42.2 Å². The fraction of sp³-hybridized carbons (Fsp3) is 0.357. The van der Waals surface area contributed by atoms with Gasteiger partial charge in [0, 0.05) is 22.6 Å². The number of benzene rings is 1. The monoisotopic (exact) mass is 261 g/mol. The van der Waals surface area contributed by atoms with E-state index >= 15 is 0 Å². The molecule has 1 saturated heterocycles. The lowest BCUT2D eigenvalue weighted by molar-refractivity contribution is 0.478. The van der Waals surface area contributed by atoms with Crippen molar-refractivity contribution in [3.05, 3.63) is 35.5 Å². The molecule has 2 N–H and O–H groups in total. The van der Waals surface area contributed by atoms with E-state index in [4.69, 9.17) is 11.6 Å². The van der Waals surface area contributed by atoms with Gasteiger partial charge in [-0.15, -0.1) is 0 Å². The van der Waals surface area contributed by atoms with Gasteiger partial charge in [-0.05, 0) is 49.5 Å². The zero-order valence-corrected chi connectivity index (χ0v) is 10.9. The van der Waals surface area contributed by atoms with Crippen LogP contribution in [-0.4, -0.2) is 24.1 Å². The summed E-state index contributed by atoms with van der Waals surface area (Å²) in [6.45, 7) is 2.15. The first-order valence-electron chi connectivity index (χ1n) is 6.34. The second kappa shape index (κ2) is 5.12. The molecule has 4 heteroatoms. The molecule has 0 spiro atoms. The molecular formula is C14H16ClN3. The Bertz CT molecular complexity index is 550. The highest BCUT2D eigenvalue weighted by atomic mass is 35.5.